The Bertz CT molecular complexity index is 3080. The van der Waals surface area contributed by atoms with Gasteiger partial charge < -0.3 is 38.7 Å². The molecule has 0 radical (unpaired) electrons. The van der Waals surface area contributed by atoms with E-state index in [9.17, 15) is 0 Å². The van der Waals surface area contributed by atoms with E-state index < -0.39 is 0 Å². The van der Waals surface area contributed by atoms with Crippen molar-refractivity contribution in [2.75, 3.05) is 52.9 Å². The Morgan fingerprint density at radius 2 is 0.797 bits per heavy atom. The zero-order chi connectivity index (χ0) is 56.2. The Balaban J connectivity index is 0.000000160. The Morgan fingerprint density at radius 3 is 1.29 bits per heavy atom. The molecule has 79 heavy (non-hydrogen) atoms. The number of hydrogen-bond acceptors (Lipinski definition) is 13. The summed E-state index contributed by atoms with van der Waals surface area (Å²) in [6, 6.07) is 50.7. The molecule has 13 heteroatoms. The number of fused-ring (bicyclic) bond motifs is 5. The number of aromatic nitrogens is 5. The summed E-state index contributed by atoms with van der Waals surface area (Å²) in [5.74, 6) is 4.87. The second-order valence-electron chi connectivity index (χ2n) is 19.4. The summed E-state index contributed by atoms with van der Waals surface area (Å²) in [5.41, 5.74) is 37.6. The highest BCUT2D eigenvalue weighted by Crippen LogP contribution is 2.29. The van der Waals surface area contributed by atoms with E-state index in [2.05, 4.69) is 107 Å². The molecular formula is C66H83N11OS. The highest BCUT2D eigenvalue weighted by Gasteiger charge is 2.08. The maximum absolute atomic E-state index is 5.96. The summed E-state index contributed by atoms with van der Waals surface area (Å²) in [4.78, 5) is 23.0. The monoisotopic (exact) mass is 1080 g/mol. The first-order valence-electron chi connectivity index (χ1n) is 28.3. The van der Waals surface area contributed by atoms with Crippen molar-refractivity contribution in [3.8, 4) is 5.75 Å². The number of nitrogen functional groups attached to an aromatic ring is 5. The normalized spacial score (nSPS) is 10.7. The van der Waals surface area contributed by atoms with Crippen LogP contribution in [-0.4, -0.2) is 43.8 Å². The van der Waals surface area contributed by atoms with Crippen LogP contribution in [0.25, 0.3) is 54.5 Å². The minimum absolute atomic E-state index is 0.467. The van der Waals surface area contributed by atoms with Crippen LogP contribution >= 0.6 is 11.8 Å². The lowest BCUT2D eigenvalue weighted by molar-refractivity contribution is 0.310. The summed E-state index contributed by atoms with van der Waals surface area (Å²) in [7, 11) is 0. The molecule has 10 rings (SSSR count). The fourth-order valence-electron chi connectivity index (χ4n) is 8.46. The molecule has 0 aliphatic rings. The molecule has 11 N–H and O–H groups in total. The third-order valence-corrected chi connectivity index (χ3v) is 14.2. The van der Waals surface area contributed by atoms with Crippen LogP contribution in [0, 0.1) is 0 Å². The Labute approximate surface area is 472 Å². The van der Waals surface area contributed by atoms with Gasteiger partial charge in [-0.25, -0.2) is 24.9 Å². The summed E-state index contributed by atoms with van der Waals surface area (Å²) in [6.07, 6.45) is 15.0. The van der Waals surface area contributed by atoms with Gasteiger partial charge in [-0.15, -0.1) is 11.8 Å². The maximum Gasteiger partial charge on any atom is 0.166 e. The van der Waals surface area contributed by atoms with Crippen LogP contribution in [0.2, 0.25) is 0 Å². The van der Waals surface area contributed by atoms with Gasteiger partial charge in [0.25, 0.3) is 0 Å². The van der Waals surface area contributed by atoms with Gasteiger partial charge in [0.15, 0.2) is 11.6 Å². The van der Waals surface area contributed by atoms with Crippen LogP contribution in [0.1, 0.15) is 116 Å². The van der Waals surface area contributed by atoms with Gasteiger partial charge in [0.1, 0.15) is 23.3 Å². The van der Waals surface area contributed by atoms with Gasteiger partial charge >= 0.3 is 0 Å². The second kappa shape index (κ2) is 32.7. The van der Waals surface area contributed by atoms with Gasteiger partial charge in [-0.05, 0) is 122 Å². The van der Waals surface area contributed by atoms with Crippen molar-refractivity contribution in [2.24, 2.45) is 0 Å². The first-order chi connectivity index (χ1) is 38.5. The van der Waals surface area contributed by atoms with Crippen molar-refractivity contribution in [2.45, 2.75) is 123 Å². The number of pyridine rings is 5. The number of aryl methyl sites for hydroxylation is 2. The third-order valence-electron chi connectivity index (χ3n) is 13.1. The van der Waals surface area contributed by atoms with Crippen molar-refractivity contribution in [1.29, 1.82) is 0 Å². The van der Waals surface area contributed by atoms with Gasteiger partial charge in [0, 0.05) is 33.5 Å². The van der Waals surface area contributed by atoms with Gasteiger partial charge in [-0.1, -0.05) is 164 Å². The Hall–Kier alpha value is -7.90. The number of benzene rings is 5. The smallest absolute Gasteiger partial charge is 0.166 e. The van der Waals surface area contributed by atoms with Crippen LogP contribution in [-0.2, 0) is 12.8 Å². The Kier molecular flexibility index (Phi) is 25.0. The van der Waals surface area contributed by atoms with Crippen molar-refractivity contribution in [3.05, 3.63) is 163 Å². The maximum atomic E-state index is 5.96. The predicted molar refractivity (Wildman–Crippen MR) is 342 cm³/mol. The molecule has 0 bridgehead atoms. The lowest BCUT2D eigenvalue weighted by Gasteiger charge is -2.09. The highest BCUT2D eigenvalue weighted by molar-refractivity contribution is 7.99. The number of nitrogens with one attached hydrogen (secondary N) is 1. The molecule has 10 aromatic rings. The van der Waals surface area contributed by atoms with Gasteiger partial charge in [-0.3, -0.25) is 0 Å². The van der Waals surface area contributed by atoms with Gasteiger partial charge in [-0.2, -0.15) is 0 Å². The molecule has 0 atom stereocenters. The first kappa shape index (κ1) is 60.3. The largest absolute Gasteiger partial charge is 0.490 e. The molecular weight excluding hydrogens is 995 g/mol. The minimum atomic E-state index is 0.467. The molecule has 0 aliphatic heterocycles. The summed E-state index contributed by atoms with van der Waals surface area (Å²) in [6.45, 7) is 12.5. The number of ether oxygens (including phenoxy) is 1. The van der Waals surface area contributed by atoms with Gasteiger partial charge in [0.05, 0.1) is 44.8 Å². The van der Waals surface area contributed by atoms with Crippen LogP contribution in [0.4, 0.5) is 34.8 Å². The van der Waals surface area contributed by atoms with Crippen molar-refractivity contribution in [3.63, 3.8) is 0 Å². The molecule has 0 aliphatic carbocycles. The molecule has 0 amide bonds. The number of nitrogens with zero attached hydrogens (tertiary/aromatic N) is 5. The standard InChI is InChI=1S/C14H18N2.C13H17N3.C13H16N2O.C13H16N2S.C13H16N2/c1-2-3-4-8-12-10-11-7-5-6-9-13(11)16-14(12)15;1-2-3-8-15-12-9-10-6-4-5-7-11(10)16-13(12)14;2*1-2-3-8-16-12-9-10-6-4-5-7-11(10)15-13(12)14;1-2-3-6-11-9-10-7-4-5-8-12(10)15-13(11)14/h5-7,9-10H,2-4,8H2,1H3,(H2,15,16);4-7,9,15H,2-3,8H2,1H3,(H2,14,16);2*4-7,9H,2-3,8H2,1H3,(H2,14,15);4-5,7-9H,2-3,6H2,1H3,(H2,14,15). The van der Waals surface area contributed by atoms with E-state index in [1.54, 1.807) is 11.8 Å². The second-order valence-corrected chi connectivity index (χ2v) is 20.6. The van der Waals surface area contributed by atoms with Crippen molar-refractivity contribution < 1.29 is 4.74 Å². The summed E-state index contributed by atoms with van der Waals surface area (Å²) >= 11 is 1.80. The molecule has 0 fully saturated rings. The number of thioether (sulfide) groups is 1. The third kappa shape index (κ3) is 18.9. The Morgan fingerprint density at radius 1 is 0.392 bits per heavy atom. The highest BCUT2D eigenvalue weighted by atomic mass is 32.2. The minimum Gasteiger partial charge on any atom is -0.490 e. The van der Waals surface area contributed by atoms with E-state index >= 15 is 0 Å². The number of unbranched alkanes of at least 4 members (excludes halogenated alkanes) is 6. The molecule has 0 saturated carbocycles. The summed E-state index contributed by atoms with van der Waals surface area (Å²) in [5, 5.41) is 9.02. The van der Waals surface area contributed by atoms with E-state index in [0.29, 0.717) is 41.4 Å². The molecule has 414 valence electrons. The van der Waals surface area contributed by atoms with Crippen molar-refractivity contribution in [1.82, 2.24) is 24.9 Å². The fraction of sp³-hybridized carbons (Fsp3) is 0.318. The predicted octanol–water partition coefficient (Wildman–Crippen LogP) is 16.4. The number of nitrogens with two attached hydrogens (primary N) is 5. The summed E-state index contributed by atoms with van der Waals surface area (Å²) < 4.78 is 5.60. The molecule has 5 heterocycles. The van der Waals surface area contributed by atoms with E-state index in [4.69, 9.17) is 33.4 Å². The molecule has 5 aromatic heterocycles. The zero-order valence-corrected chi connectivity index (χ0v) is 48.0. The van der Waals surface area contributed by atoms with Gasteiger partial charge in [0.2, 0.25) is 0 Å². The van der Waals surface area contributed by atoms with E-state index in [0.717, 1.165) is 98.7 Å². The average Bonchev–Trinajstić information content (AvgIpc) is 3.46. The number of para-hydroxylation sites is 5. The number of hydrogen-bond donors (Lipinski definition) is 6. The fourth-order valence-corrected chi connectivity index (χ4v) is 9.52. The lowest BCUT2D eigenvalue weighted by atomic mass is 10.1. The first-order valence-corrected chi connectivity index (χ1v) is 29.3. The van der Waals surface area contributed by atoms with Crippen LogP contribution < -0.4 is 38.7 Å². The van der Waals surface area contributed by atoms with Crippen LogP contribution in [0.3, 0.4) is 0 Å². The van der Waals surface area contributed by atoms with E-state index in [-0.39, 0.29) is 0 Å². The number of anilines is 6. The SMILES string of the molecule is CCCCCc1cc2ccccc2nc1N.CCCCNc1cc2ccccc2nc1N.CCCCOc1cc2ccccc2nc1N.CCCCSc1cc2ccccc2nc1N.CCCCc1cc2ccccc2nc1N. The average molecular weight is 1080 g/mol. The zero-order valence-electron chi connectivity index (χ0n) is 47.2. The molecule has 0 saturated heterocycles. The van der Waals surface area contributed by atoms with Crippen LogP contribution in [0.5, 0.6) is 5.75 Å². The van der Waals surface area contributed by atoms with E-state index in [1.807, 2.05) is 109 Å². The lowest BCUT2D eigenvalue weighted by Crippen LogP contribution is -2.05. The molecule has 0 spiro atoms. The van der Waals surface area contributed by atoms with E-state index in [1.165, 1.54) is 73.3 Å². The van der Waals surface area contributed by atoms with Crippen molar-refractivity contribution >= 4 is 101 Å². The molecule has 12 nitrogen and oxygen atoms in total. The quantitative estimate of drug-likeness (QED) is 0.0329. The molecule has 0 unspecified atom stereocenters. The topological polar surface area (TPSA) is 216 Å². The molecule has 5 aromatic carbocycles. The number of rotatable bonds is 19. The van der Waals surface area contributed by atoms with Crippen LogP contribution in [0.15, 0.2) is 157 Å².